The van der Waals surface area contributed by atoms with Gasteiger partial charge in [-0.05, 0) is 36.9 Å². The maximum Gasteiger partial charge on any atom is 0.0501 e. The summed E-state index contributed by atoms with van der Waals surface area (Å²) < 4.78 is 12.2. The first-order valence-corrected chi connectivity index (χ1v) is 8.39. The Morgan fingerprint density at radius 1 is 1.44 bits per heavy atom. The molecule has 0 heterocycles. The zero-order valence-electron chi connectivity index (χ0n) is 10.7. The molecule has 0 spiro atoms. The first-order chi connectivity index (χ1) is 8.70. The maximum atomic E-state index is 12.2. The lowest BCUT2D eigenvalue weighted by atomic mass is 10.2. The number of benzene rings is 1. The van der Waals surface area contributed by atoms with Gasteiger partial charge in [-0.25, -0.2) is 0 Å². The van der Waals surface area contributed by atoms with E-state index in [1.165, 1.54) is 12.8 Å². The van der Waals surface area contributed by atoms with E-state index < -0.39 is 10.8 Å². The maximum absolute atomic E-state index is 12.2. The number of hydrogen-bond donors (Lipinski definition) is 1. The first-order valence-electron chi connectivity index (χ1n) is 6.52. The van der Waals surface area contributed by atoms with Gasteiger partial charge < -0.3 is 5.32 Å². The largest absolute Gasteiger partial charge is 0.313 e. The SMILES string of the molecule is CCNC(CS(=O)Cc1ccccc1Cl)C1CC1. The molecule has 1 aromatic rings. The lowest BCUT2D eigenvalue weighted by Gasteiger charge is -2.16. The molecule has 1 saturated carbocycles. The summed E-state index contributed by atoms with van der Waals surface area (Å²) in [4.78, 5) is 0. The van der Waals surface area contributed by atoms with Crippen molar-refractivity contribution in [2.24, 2.45) is 5.92 Å². The highest BCUT2D eigenvalue weighted by atomic mass is 35.5. The van der Waals surface area contributed by atoms with Gasteiger partial charge in [0.2, 0.25) is 0 Å². The van der Waals surface area contributed by atoms with Crippen LogP contribution in [0.4, 0.5) is 0 Å². The second-order valence-corrected chi connectivity index (χ2v) is 6.75. The fourth-order valence-corrected chi connectivity index (χ4v) is 3.96. The van der Waals surface area contributed by atoms with Gasteiger partial charge in [-0.1, -0.05) is 36.7 Å². The number of nitrogens with one attached hydrogen (secondary N) is 1. The van der Waals surface area contributed by atoms with Crippen LogP contribution in [0, 0.1) is 5.92 Å². The summed E-state index contributed by atoms with van der Waals surface area (Å²) in [6.07, 6.45) is 2.56. The second kappa shape index (κ2) is 6.69. The van der Waals surface area contributed by atoms with E-state index in [9.17, 15) is 4.21 Å². The second-order valence-electron chi connectivity index (χ2n) is 4.84. The molecule has 2 nitrogen and oxygen atoms in total. The molecule has 0 saturated heterocycles. The van der Waals surface area contributed by atoms with Gasteiger partial charge in [-0.2, -0.15) is 0 Å². The van der Waals surface area contributed by atoms with Crippen molar-refractivity contribution in [3.8, 4) is 0 Å². The van der Waals surface area contributed by atoms with Gasteiger partial charge >= 0.3 is 0 Å². The van der Waals surface area contributed by atoms with Crippen molar-refractivity contribution in [3.63, 3.8) is 0 Å². The molecule has 1 N–H and O–H groups in total. The molecule has 100 valence electrons. The normalized spacial score (nSPS) is 18.6. The predicted octanol–water partition coefficient (Wildman–Crippen LogP) is 2.98. The van der Waals surface area contributed by atoms with Crippen molar-refractivity contribution >= 4 is 22.4 Å². The molecule has 2 rings (SSSR count). The lowest BCUT2D eigenvalue weighted by molar-refractivity contribution is 0.514. The minimum atomic E-state index is -0.840. The summed E-state index contributed by atoms with van der Waals surface area (Å²) in [6.45, 7) is 3.05. The lowest BCUT2D eigenvalue weighted by Crippen LogP contribution is -2.36. The van der Waals surface area contributed by atoms with Gasteiger partial charge in [-0.3, -0.25) is 4.21 Å². The van der Waals surface area contributed by atoms with Gasteiger partial charge in [0.05, 0.1) is 5.75 Å². The summed E-state index contributed by atoms with van der Waals surface area (Å²) >= 11 is 6.09. The summed E-state index contributed by atoms with van der Waals surface area (Å²) in [5, 5.41) is 4.17. The highest BCUT2D eigenvalue weighted by molar-refractivity contribution is 7.84. The van der Waals surface area contributed by atoms with Gasteiger partial charge in [0.1, 0.15) is 0 Å². The molecule has 0 bridgehead atoms. The summed E-state index contributed by atoms with van der Waals surface area (Å²) in [6, 6.07) is 8.08. The summed E-state index contributed by atoms with van der Waals surface area (Å²) in [7, 11) is -0.840. The number of hydrogen-bond acceptors (Lipinski definition) is 2. The van der Waals surface area contributed by atoms with E-state index >= 15 is 0 Å². The quantitative estimate of drug-likeness (QED) is 0.834. The van der Waals surface area contributed by atoms with Crippen LogP contribution in [-0.4, -0.2) is 22.5 Å². The first kappa shape index (κ1) is 14.0. The van der Waals surface area contributed by atoms with E-state index in [1.54, 1.807) is 0 Å². The van der Waals surface area contributed by atoms with E-state index in [0.29, 0.717) is 11.8 Å². The van der Waals surface area contributed by atoms with E-state index in [0.717, 1.165) is 28.8 Å². The Bertz CT molecular complexity index is 420. The molecule has 0 aliphatic heterocycles. The van der Waals surface area contributed by atoms with Crippen LogP contribution in [0.3, 0.4) is 0 Å². The zero-order chi connectivity index (χ0) is 13.0. The highest BCUT2D eigenvalue weighted by Gasteiger charge is 2.31. The van der Waals surface area contributed by atoms with E-state index in [-0.39, 0.29) is 0 Å². The Morgan fingerprint density at radius 2 is 2.17 bits per heavy atom. The molecule has 2 atom stereocenters. The molecular formula is C14H20ClNOS. The molecular weight excluding hydrogens is 266 g/mol. The highest BCUT2D eigenvalue weighted by Crippen LogP contribution is 2.33. The molecule has 1 aliphatic rings. The third-order valence-electron chi connectivity index (χ3n) is 3.30. The predicted molar refractivity (Wildman–Crippen MR) is 78.4 cm³/mol. The van der Waals surface area contributed by atoms with Crippen molar-refractivity contribution in [2.45, 2.75) is 31.6 Å². The molecule has 1 aliphatic carbocycles. The van der Waals surface area contributed by atoms with Gasteiger partial charge in [0.25, 0.3) is 0 Å². The Hall–Kier alpha value is -0.380. The van der Waals surface area contributed by atoms with E-state index in [1.807, 2.05) is 24.3 Å². The van der Waals surface area contributed by atoms with E-state index in [2.05, 4.69) is 12.2 Å². The Kier molecular flexibility index (Phi) is 5.22. The molecule has 2 unspecified atom stereocenters. The zero-order valence-corrected chi connectivity index (χ0v) is 12.3. The van der Waals surface area contributed by atoms with Gasteiger partial charge in [0.15, 0.2) is 0 Å². The van der Waals surface area contributed by atoms with Crippen molar-refractivity contribution in [1.29, 1.82) is 0 Å². The molecule has 0 radical (unpaired) electrons. The fraction of sp³-hybridized carbons (Fsp3) is 0.571. The van der Waals surface area contributed by atoms with Crippen LogP contribution in [-0.2, 0) is 16.6 Å². The average molecular weight is 286 g/mol. The Balaban J connectivity index is 1.89. The van der Waals surface area contributed by atoms with Gasteiger partial charge in [0, 0.05) is 27.6 Å². The third-order valence-corrected chi connectivity index (χ3v) is 5.03. The van der Waals surface area contributed by atoms with Crippen LogP contribution in [0.1, 0.15) is 25.3 Å². The van der Waals surface area contributed by atoms with Crippen LogP contribution < -0.4 is 5.32 Å². The Morgan fingerprint density at radius 3 is 2.78 bits per heavy atom. The molecule has 1 fully saturated rings. The van der Waals surface area contributed by atoms with Crippen molar-refractivity contribution in [1.82, 2.24) is 5.32 Å². The van der Waals surface area contributed by atoms with Crippen molar-refractivity contribution in [2.75, 3.05) is 12.3 Å². The van der Waals surface area contributed by atoms with Crippen LogP contribution in [0.5, 0.6) is 0 Å². The Labute approximate surface area is 117 Å². The number of halogens is 1. The molecule has 18 heavy (non-hydrogen) atoms. The van der Waals surface area contributed by atoms with Crippen LogP contribution >= 0.6 is 11.6 Å². The molecule has 4 heteroatoms. The average Bonchev–Trinajstić information content (AvgIpc) is 3.16. The monoisotopic (exact) mass is 285 g/mol. The van der Waals surface area contributed by atoms with Crippen LogP contribution in [0.2, 0.25) is 5.02 Å². The molecule has 0 amide bonds. The molecule has 0 aromatic heterocycles. The van der Waals surface area contributed by atoms with Crippen molar-refractivity contribution in [3.05, 3.63) is 34.9 Å². The van der Waals surface area contributed by atoms with E-state index in [4.69, 9.17) is 11.6 Å². The van der Waals surface area contributed by atoms with Gasteiger partial charge in [-0.15, -0.1) is 0 Å². The van der Waals surface area contributed by atoms with Crippen LogP contribution in [0.15, 0.2) is 24.3 Å². The summed E-state index contributed by atoms with van der Waals surface area (Å²) in [5.41, 5.74) is 0.989. The smallest absolute Gasteiger partial charge is 0.0501 e. The minimum absolute atomic E-state index is 0.415. The fourth-order valence-electron chi connectivity index (χ4n) is 2.17. The minimum Gasteiger partial charge on any atom is -0.313 e. The summed E-state index contributed by atoms with van der Waals surface area (Å²) in [5.74, 6) is 2.04. The topological polar surface area (TPSA) is 29.1 Å². The molecule has 1 aromatic carbocycles. The van der Waals surface area contributed by atoms with Crippen molar-refractivity contribution < 1.29 is 4.21 Å². The van der Waals surface area contributed by atoms with Crippen LogP contribution in [0.25, 0.3) is 0 Å². The number of rotatable bonds is 7. The standard InChI is InChI=1S/C14H20ClNOS/c1-2-16-14(11-7-8-11)10-18(17)9-12-5-3-4-6-13(12)15/h3-6,11,14,16H,2,7-10H2,1H3. The third kappa shape index (κ3) is 4.08.